The molecule has 0 atom stereocenters. The van der Waals surface area contributed by atoms with Crippen LogP contribution in [-0.2, 0) is 0 Å². The van der Waals surface area contributed by atoms with Gasteiger partial charge in [0.2, 0.25) is 0 Å². The molecule has 0 bridgehead atoms. The van der Waals surface area contributed by atoms with Crippen molar-refractivity contribution in [2.24, 2.45) is 17.8 Å². The molecule has 1 heteroatoms. The fraction of sp³-hybridized carbons (Fsp3) is 1.00. The van der Waals surface area contributed by atoms with E-state index in [4.69, 9.17) is 0 Å². The van der Waals surface area contributed by atoms with Crippen molar-refractivity contribution in [3.8, 4) is 0 Å². The van der Waals surface area contributed by atoms with Crippen molar-refractivity contribution in [2.75, 3.05) is 0 Å². The normalized spacial score (nSPS) is 13.4. The fourth-order valence-electron chi connectivity index (χ4n) is 1.76. The minimum atomic E-state index is -0.468. The van der Waals surface area contributed by atoms with Crippen LogP contribution < -0.4 is 0 Å². The van der Waals surface area contributed by atoms with Gasteiger partial charge in [0.15, 0.2) is 0 Å². The molecule has 0 radical (unpaired) electrons. The van der Waals surface area contributed by atoms with Crippen LogP contribution in [0.5, 0.6) is 0 Å². The first-order valence-corrected chi connectivity index (χ1v) is 5.53. The van der Waals surface area contributed by atoms with Crippen molar-refractivity contribution < 1.29 is 5.11 Å². The Balaban J connectivity index is 4.25. The summed E-state index contributed by atoms with van der Waals surface area (Å²) in [5.41, 5.74) is -0.468. The number of hydrogen-bond acceptors (Lipinski definition) is 1. The molecule has 13 heavy (non-hydrogen) atoms. The third kappa shape index (κ3) is 3.68. The second-order valence-electron chi connectivity index (χ2n) is 5.23. The van der Waals surface area contributed by atoms with Crippen molar-refractivity contribution in [1.29, 1.82) is 0 Å². The van der Waals surface area contributed by atoms with Crippen LogP contribution >= 0.6 is 0 Å². The number of hydrogen-bond donors (Lipinski definition) is 1. The van der Waals surface area contributed by atoms with E-state index < -0.39 is 5.60 Å². The Morgan fingerprint density at radius 3 is 1.54 bits per heavy atom. The highest BCUT2D eigenvalue weighted by atomic mass is 16.3. The van der Waals surface area contributed by atoms with Crippen LogP contribution in [-0.4, -0.2) is 10.7 Å². The molecule has 0 saturated heterocycles. The Morgan fingerprint density at radius 2 is 1.31 bits per heavy atom. The standard InChI is InChI=1S/C12H26O/c1-9(2)7-8-12(13,10(3)4)11(5)6/h9-11,13H,7-8H2,1-6H3. The van der Waals surface area contributed by atoms with E-state index in [9.17, 15) is 5.11 Å². The molecular weight excluding hydrogens is 160 g/mol. The molecule has 0 aliphatic rings. The van der Waals surface area contributed by atoms with Gasteiger partial charge in [0, 0.05) is 0 Å². The lowest BCUT2D eigenvalue weighted by Gasteiger charge is -2.36. The largest absolute Gasteiger partial charge is 0.389 e. The van der Waals surface area contributed by atoms with Gasteiger partial charge in [0.25, 0.3) is 0 Å². The summed E-state index contributed by atoms with van der Waals surface area (Å²) in [7, 11) is 0. The van der Waals surface area contributed by atoms with E-state index in [-0.39, 0.29) is 0 Å². The van der Waals surface area contributed by atoms with Gasteiger partial charge in [-0.3, -0.25) is 0 Å². The Bertz CT molecular complexity index is 128. The first-order valence-electron chi connectivity index (χ1n) is 5.53. The van der Waals surface area contributed by atoms with E-state index >= 15 is 0 Å². The summed E-state index contributed by atoms with van der Waals surface area (Å²) in [5.74, 6) is 1.39. The molecule has 0 heterocycles. The summed E-state index contributed by atoms with van der Waals surface area (Å²) in [6.07, 6.45) is 2.05. The first-order chi connectivity index (χ1) is 5.80. The van der Waals surface area contributed by atoms with E-state index in [1.165, 1.54) is 0 Å². The van der Waals surface area contributed by atoms with Gasteiger partial charge in [0.05, 0.1) is 5.60 Å². The van der Waals surface area contributed by atoms with Crippen molar-refractivity contribution in [3.05, 3.63) is 0 Å². The Hall–Kier alpha value is -0.0400. The maximum atomic E-state index is 10.4. The van der Waals surface area contributed by atoms with Crippen molar-refractivity contribution in [3.63, 3.8) is 0 Å². The zero-order valence-corrected chi connectivity index (χ0v) is 10.1. The van der Waals surface area contributed by atoms with Crippen LogP contribution in [0.1, 0.15) is 54.4 Å². The summed E-state index contributed by atoms with van der Waals surface area (Å²) in [6.45, 7) is 12.9. The molecule has 0 aromatic rings. The van der Waals surface area contributed by atoms with Gasteiger partial charge < -0.3 is 5.11 Å². The molecule has 1 N–H and O–H groups in total. The van der Waals surface area contributed by atoms with Crippen LogP contribution in [0.3, 0.4) is 0 Å². The summed E-state index contributed by atoms with van der Waals surface area (Å²) < 4.78 is 0. The van der Waals surface area contributed by atoms with Crippen molar-refractivity contribution in [1.82, 2.24) is 0 Å². The maximum absolute atomic E-state index is 10.4. The zero-order valence-electron chi connectivity index (χ0n) is 10.1. The lowest BCUT2D eigenvalue weighted by molar-refractivity contribution is -0.0572. The summed E-state index contributed by atoms with van der Waals surface area (Å²) in [6, 6.07) is 0. The van der Waals surface area contributed by atoms with E-state index in [0.29, 0.717) is 17.8 Å². The summed E-state index contributed by atoms with van der Waals surface area (Å²) >= 11 is 0. The van der Waals surface area contributed by atoms with Gasteiger partial charge in [-0.2, -0.15) is 0 Å². The molecule has 0 saturated carbocycles. The Kier molecular flexibility index (Phi) is 4.98. The third-order valence-corrected chi connectivity index (χ3v) is 3.12. The van der Waals surface area contributed by atoms with Crippen LogP contribution in [0.2, 0.25) is 0 Å². The van der Waals surface area contributed by atoms with Gasteiger partial charge in [-0.15, -0.1) is 0 Å². The summed E-state index contributed by atoms with van der Waals surface area (Å²) in [5, 5.41) is 10.4. The van der Waals surface area contributed by atoms with E-state index in [0.717, 1.165) is 12.8 Å². The van der Waals surface area contributed by atoms with E-state index in [1.807, 2.05) is 0 Å². The lowest BCUT2D eigenvalue weighted by atomic mass is 9.76. The van der Waals surface area contributed by atoms with Gasteiger partial charge >= 0.3 is 0 Å². The molecule has 0 fully saturated rings. The lowest BCUT2D eigenvalue weighted by Crippen LogP contribution is -2.40. The second-order valence-corrected chi connectivity index (χ2v) is 5.23. The molecule has 0 unspecified atom stereocenters. The van der Waals surface area contributed by atoms with Crippen LogP contribution in [0.25, 0.3) is 0 Å². The predicted octanol–water partition coefficient (Wildman–Crippen LogP) is 3.47. The van der Waals surface area contributed by atoms with Crippen molar-refractivity contribution >= 4 is 0 Å². The Labute approximate surface area is 83.5 Å². The maximum Gasteiger partial charge on any atom is 0.0693 e. The van der Waals surface area contributed by atoms with Crippen LogP contribution in [0, 0.1) is 17.8 Å². The highest BCUT2D eigenvalue weighted by Crippen LogP contribution is 2.31. The van der Waals surface area contributed by atoms with E-state index in [1.54, 1.807) is 0 Å². The van der Waals surface area contributed by atoms with Gasteiger partial charge in [-0.25, -0.2) is 0 Å². The molecule has 0 spiro atoms. The smallest absolute Gasteiger partial charge is 0.0693 e. The number of rotatable bonds is 5. The highest BCUT2D eigenvalue weighted by molar-refractivity contribution is 4.85. The monoisotopic (exact) mass is 186 g/mol. The molecule has 0 amide bonds. The van der Waals surface area contributed by atoms with Crippen LogP contribution in [0.15, 0.2) is 0 Å². The quantitative estimate of drug-likeness (QED) is 0.697. The molecule has 1 nitrogen and oxygen atoms in total. The zero-order chi connectivity index (χ0) is 10.6. The first kappa shape index (κ1) is 13.0. The SMILES string of the molecule is CC(C)CCC(O)(C(C)C)C(C)C. The molecule has 0 aliphatic heterocycles. The molecule has 0 aromatic carbocycles. The minimum Gasteiger partial charge on any atom is -0.389 e. The second kappa shape index (κ2) is 4.99. The van der Waals surface area contributed by atoms with Gasteiger partial charge in [-0.05, 0) is 30.6 Å². The topological polar surface area (TPSA) is 20.2 Å². The molecule has 0 aliphatic carbocycles. The Morgan fingerprint density at radius 1 is 0.923 bits per heavy atom. The highest BCUT2D eigenvalue weighted by Gasteiger charge is 2.33. The summed E-state index contributed by atoms with van der Waals surface area (Å²) in [4.78, 5) is 0. The average Bonchev–Trinajstić information content (AvgIpc) is 1.99. The number of aliphatic hydroxyl groups is 1. The minimum absolute atomic E-state index is 0.353. The third-order valence-electron chi connectivity index (χ3n) is 3.12. The van der Waals surface area contributed by atoms with E-state index in [2.05, 4.69) is 41.5 Å². The van der Waals surface area contributed by atoms with Gasteiger partial charge in [0.1, 0.15) is 0 Å². The molecule has 0 rings (SSSR count). The molecule has 0 aromatic heterocycles. The fourth-order valence-corrected chi connectivity index (χ4v) is 1.76. The van der Waals surface area contributed by atoms with Crippen LogP contribution in [0.4, 0.5) is 0 Å². The van der Waals surface area contributed by atoms with Crippen molar-refractivity contribution in [2.45, 2.75) is 60.0 Å². The molecular formula is C12H26O. The van der Waals surface area contributed by atoms with Gasteiger partial charge in [-0.1, -0.05) is 41.5 Å². The predicted molar refractivity (Wildman–Crippen MR) is 58.7 cm³/mol. The molecule has 80 valence electrons. The average molecular weight is 186 g/mol.